The molecule has 1 fully saturated rings. The Balaban J connectivity index is 1.39. The van der Waals surface area contributed by atoms with Crippen molar-refractivity contribution in [2.75, 3.05) is 37.7 Å². The summed E-state index contributed by atoms with van der Waals surface area (Å²) < 4.78 is 11.6. The minimum absolute atomic E-state index is 0.0986. The van der Waals surface area contributed by atoms with Crippen LogP contribution in [0.2, 0.25) is 0 Å². The summed E-state index contributed by atoms with van der Waals surface area (Å²) in [5, 5.41) is 7.70. The van der Waals surface area contributed by atoms with E-state index >= 15 is 0 Å². The summed E-state index contributed by atoms with van der Waals surface area (Å²) in [6.07, 6.45) is 6.54. The number of carbonyl (C=O) groups excluding carboxylic acids is 1. The first-order valence-corrected chi connectivity index (χ1v) is 11.7. The van der Waals surface area contributed by atoms with Gasteiger partial charge in [0.2, 0.25) is 0 Å². The van der Waals surface area contributed by atoms with E-state index in [4.69, 9.17) is 20.6 Å². The monoisotopic (exact) mass is 451 g/mol. The van der Waals surface area contributed by atoms with E-state index in [2.05, 4.69) is 16.0 Å². The van der Waals surface area contributed by atoms with E-state index in [1.165, 1.54) is 5.56 Å². The Morgan fingerprint density at radius 2 is 1.91 bits per heavy atom. The molecule has 3 N–H and O–H groups in total. The van der Waals surface area contributed by atoms with Gasteiger partial charge in [0.25, 0.3) is 0 Å². The van der Waals surface area contributed by atoms with Gasteiger partial charge in [0.1, 0.15) is 5.75 Å². The molecule has 4 rings (SSSR count). The largest absolute Gasteiger partial charge is 0.494 e. The van der Waals surface area contributed by atoms with E-state index in [-0.39, 0.29) is 11.9 Å². The molecular formula is C25H33N5O3. The van der Waals surface area contributed by atoms with Gasteiger partial charge in [-0.25, -0.2) is 0 Å². The van der Waals surface area contributed by atoms with Crippen molar-refractivity contribution < 1.29 is 14.3 Å². The molecule has 2 aliphatic heterocycles. The van der Waals surface area contributed by atoms with Gasteiger partial charge in [0.05, 0.1) is 18.6 Å². The van der Waals surface area contributed by atoms with Gasteiger partial charge in [-0.1, -0.05) is 6.07 Å². The Morgan fingerprint density at radius 3 is 2.61 bits per heavy atom. The Labute approximate surface area is 195 Å². The lowest BCUT2D eigenvalue weighted by Gasteiger charge is -2.40. The van der Waals surface area contributed by atoms with E-state index in [0.717, 1.165) is 55.9 Å². The Bertz CT molecular complexity index is 973. The third-order valence-electron chi connectivity index (χ3n) is 6.84. The number of guanidine groups is 1. The van der Waals surface area contributed by atoms with Crippen LogP contribution in [0.15, 0.2) is 42.7 Å². The number of nitrogens with one attached hydrogen (secondary N) is 1. The second kappa shape index (κ2) is 10.1. The van der Waals surface area contributed by atoms with Crippen molar-refractivity contribution >= 4 is 17.6 Å². The van der Waals surface area contributed by atoms with E-state index in [1.807, 2.05) is 36.1 Å². The maximum atomic E-state index is 13.0. The van der Waals surface area contributed by atoms with Crippen molar-refractivity contribution in [3.63, 3.8) is 0 Å². The van der Waals surface area contributed by atoms with Crippen molar-refractivity contribution in [1.82, 2.24) is 9.88 Å². The zero-order valence-corrected chi connectivity index (χ0v) is 19.3. The predicted molar refractivity (Wildman–Crippen MR) is 127 cm³/mol. The second-order valence-electron chi connectivity index (χ2n) is 8.78. The van der Waals surface area contributed by atoms with Crippen molar-refractivity contribution in [2.45, 2.75) is 39.2 Å². The highest BCUT2D eigenvalue weighted by Crippen LogP contribution is 2.38. The molecule has 0 saturated carbocycles. The number of fused-ring (bicyclic) bond motifs is 1. The Morgan fingerprint density at radius 1 is 1.15 bits per heavy atom. The van der Waals surface area contributed by atoms with Gasteiger partial charge < -0.3 is 25.0 Å². The molecule has 0 radical (unpaired) electrons. The van der Waals surface area contributed by atoms with Gasteiger partial charge in [0.15, 0.2) is 5.96 Å². The van der Waals surface area contributed by atoms with Crippen molar-refractivity contribution in [2.24, 2.45) is 11.1 Å². The van der Waals surface area contributed by atoms with Crippen LogP contribution in [0.5, 0.6) is 5.75 Å². The number of rotatable bonds is 7. The lowest BCUT2D eigenvalue weighted by atomic mass is 9.75. The molecule has 33 heavy (non-hydrogen) atoms. The fourth-order valence-electron chi connectivity index (χ4n) is 4.78. The smallest absolute Gasteiger partial charge is 0.312 e. The Kier molecular flexibility index (Phi) is 7.01. The van der Waals surface area contributed by atoms with Crippen LogP contribution in [0, 0.1) is 10.8 Å². The molecule has 0 bridgehead atoms. The molecule has 2 aromatic rings. The molecule has 1 saturated heterocycles. The van der Waals surface area contributed by atoms with Crippen molar-refractivity contribution in [3.05, 3.63) is 53.9 Å². The number of hydrogen-bond acceptors (Lipinski definition) is 6. The molecule has 0 atom stereocenters. The predicted octanol–water partition coefficient (Wildman–Crippen LogP) is 2.95. The van der Waals surface area contributed by atoms with Crippen LogP contribution >= 0.6 is 0 Å². The molecule has 176 valence electrons. The zero-order valence-electron chi connectivity index (χ0n) is 19.3. The summed E-state index contributed by atoms with van der Waals surface area (Å²) in [7, 11) is 0. The third kappa shape index (κ3) is 5.21. The van der Waals surface area contributed by atoms with Crippen LogP contribution in [-0.4, -0.2) is 54.7 Å². The zero-order chi connectivity index (χ0) is 23.3. The maximum Gasteiger partial charge on any atom is 0.312 e. The topological polar surface area (TPSA) is 105 Å². The number of ether oxygens (including phenoxy) is 2. The number of esters is 1. The van der Waals surface area contributed by atoms with Crippen LogP contribution in [0.4, 0.5) is 5.69 Å². The number of pyridine rings is 1. The van der Waals surface area contributed by atoms with Crippen molar-refractivity contribution in [3.8, 4) is 5.75 Å². The molecule has 0 spiro atoms. The van der Waals surface area contributed by atoms with Crippen molar-refractivity contribution in [1.29, 1.82) is 5.41 Å². The number of carbonyl (C=O) groups is 1. The fraction of sp³-hybridized carbons (Fsp3) is 0.480. The SMILES string of the molecule is CCOC(=O)C1(CCOc2ccc3c(c2)CN(C(=N)N)CC3)CCN(c2ccncc2)CC1. The molecule has 8 nitrogen and oxygen atoms in total. The number of piperidine rings is 1. The van der Waals surface area contributed by atoms with Gasteiger partial charge in [-0.15, -0.1) is 0 Å². The number of aromatic nitrogens is 1. The highest BCUT2D eigenvalue weighted by Gasteiger charge is 2.42. The van der Waals surface area contributed by atoms with E-state index in [1.54, 1.807) is 12.4 Å². The van der Waals surface area contributed by atoms with Gasteiger partial charge in [-0.3, -0.25) is 15.2 Å². The summed E-state index contributed by atoms with van der Waals surface area (Å²) in [6.45, 7) is 5.66. The second-order valence-corrected chi connectivity index (χ2v) is 8.78. The number of nitrogens with zero attached hydrogens (tertiary/aromatic N) is 3. The van der Waals surface area contributed by atoms with Gasteiger partial charge in [-0.2, -0.15) is 0 Å². The van der Waals surface area contributed by atoms with Gasteiger partial charge >= 0.3 is 5.97 Å². The van der Waals surface area contributed by atoms with Crippen LogP contribution in [0.1, 0.15) is 37.3 Å². The summed E-state index contributed by atoms with van der Waals surface area (Å²) in [5.41, 5.74) is 8.68. The molecular weight excluding hydrogens is 418 g/mol. The van der Waals surface area contributed by atoms with E-state index in [9.17, 15) is 4.79 Å². The van der Waals surface area contributed by atoms with Crippen LogP contribution in [0.3, 0.4) is 0 Å². The molecule has 1 aromatic carbocycles. The number of nitrogens with two attached hydrogens (primary N) is 1. The number of benzene rings is 1. The summed E-state index contributed by atoms with van der Waals surface area (Å²) >= 11 is 0. The highest BCUT2D eigenvalue weighted by atomic mass is 16.5. The standard InChI is InChI=1S/C25H33N5O3/c1-2-32-23(31)25(8-14-29(15-9-25)21-5-11-28-12-6-21)10-16-33-22-4-3-19-7-13-30(24(26)27)18-20(19)17-22/h3-6,11-12,17H,2,7-10,13-16,18H2,1H3,(H3,26,27). The third-order valence-corrected chi connectivity index (χ3v) is 6.84. The summed E-state index contributed by atoms with van der Waals surface area (Å²) in [4.78, 5) is 21.2. The normalized spacial score (nSPS) is 17.2. The van der Waals surface area contributed by atoms with E-state index in [0.29, 0.717) is 26.2 Å². The van der Waals surface area contributed by atoms with Gasteiger partial charge in [-0.05, 0) is 68.0 Å². The number of anilines is 1. The lowest BCUT2D eigenvalue weighted by Crippen LogP contribution is -2.46. The summed E-state index contributed by atoms with van der Waals surface area (Å²) in [5.74, 6) is 0.763. The molecule has 3 heterocycles. The van der Waals surface area contributed by atoms with Crippen LogP contribution in [0.25, 0.3) is 0 Å². The first-order chi connectivity index (χ1) is 16.0. The maximum absolute atomic E-state index is 13.0. The molecule has 0 unspecified atom stereocenters. The lowest BCUT2D eigenvalue weighted by molar-refractivity contribution is -0.157. The van der Waals surface area contributed by atoms with E-state index < -0.39 is 5.41 Å². The first-order valence-electron chi connectivity index (χ1n) is 11.7. The highest BCUT2D eigenvalue weighted by molar-refractivity contribution is 5.77. The molecule has 0 aliphatic carbocycles. The Hall–Kier alpha value is -3.29. The number of hydrogen-bond donors (Lipinski definition) is 2. The molecule has 1 aromatic heterocycles. The van der Waals surface area contributed by atoms with Gasteiger partial charge in [0, 0.05) is 44.3 Å². The fourth-order valence-corrected chi connectivity index (χ4v) is 4.78. The average Bonchev–Trinajstić information content (AvgIpc) is 2.84. The minimum atomic E-state index is -0.529. The first kappa shape index (κ1) is 22.9. The minimum Gasteiger partial charge on any atom is -0.494 e. The molecule has 0 amide bonds. The molecule has 8 heteroatoms. The average molecular weight is 452 g/mol. The van der Waals surface area contributed by atoms with Crippen LogP contribution in [-0.2, 0) is 22.5 Å². The summed E-state index contributed by atoms with van der Waals surface area (Å²) in [6, 6.07) is 10.1. The quantitative estimate of drug-likeness (QED) is 0.379. The molecule has 2 aliphatic rings. The van der Waals surface area contributed by atoms with Crippen LogP contribution < -0.4 is 15.4 Å².